The third-order valence-electron chi connectivity index (χ3n) is 5.12. The first-order chi connectivity index (χ1) is 8.21. The third kappa shape index (κ3) is 2.67. The predicted molar refractivity (Wildman–Crippen MR) is 76.3 cm³/mol. The van der Waals surface area contributed by atoms with Crippen LogP contribution in [0.5, 0.6) is 0 Å². The van der Waals surface area contributed by atoms with Crippen LogP contribution < -0.4 is 0 Å². The van der Waals surface area contributed by atoms with E-state index in [9.17, 15) is 0 Å². The van der Waals surface area contributed by atoms with Gasteiger partial charge < -0.3 is 9.31 Å². The first kappa shape index (κ1) is 14.1. The molecule has 2 unspecified atom stereocenters. The SMILES string of the molecule is CC1CC/C(=C/B2OC(C)(C)C(C)(C)O2)CC1C. The topological polar surface area (TPSA) is 18.5 Å². The Balaban J connectivity index is 2.03. The van der Waals surface area contributed by atoms with Gasteiger partial charge >= 0.3 is 7.12 Å². The minimum absolute atomic E-state index is 0.161. The molecule has 0 aromatic heterocycles. The van der Waals surface area contributed by atoms with Gasteiger partial charge in [0.2, 0.25) is 0 Å². The summed E-state index contributed by atoms with van der Waals surface area (Å²) in [6.45, 7) is 13.1. The Hall–Kier alpha value is -0.275. The Morgan fingerprint density at radius 1 is 1.06 bits per heavy atom. The molecule has 102 valence electrons. The molecule has 0 bridgehead atoms. The summed E-state index contributed by atoms with van der Waals surface area (Å²) < 4.78 is 12.1. The van der Waals surface area contributed by atoms with Crippen LogP contribution in [0.15, 0.2) is 11.5 Å². The molecule has 2 aliphatic rings. The molecule has 0 amide bonds. The largest absolute Gasteiger partial charge is 0.487 e. The molecule has 2 rings (SSSR count). The maximum absolute atomic E-state index is 6.03. The highest BCUT2D eigenvalue weighted by atomic mass is 16.7. The van der Waals surface area contributed by atoms with Gasteiger partial charge in [-0.1, -0.05) is 25.4 Å². The van der Waals surface area contributed by atoms with Gasteiger partial charge in [-0.05, 0) is 58.8 Å². The Morgan fingerprint density at radius 2 is 1.61 bits per heavy atom. The maximum Gasteiger partial charge on any atom is 0.487 e. The van der Waals surface area contributed by atoms with Crippen molar-refractivity contribution in [3.63, 3.8) is 0 Å². The van der Waals surface area contributed by atoms with E-state index < -0.39 is 0 Å². The predicted octanol–water partition coefficient (Wildman–Crippen LogP) is 4.00. The van der Waals surface area contributed by atoms with Crippen LogP contribution in [0.1, 0.15) is 60.8 Å². The van der Waals surface area contributed by atoms with Gasteiger partial charge in [0.15, 0.2) is 0 Å². The van der Waals surface area contributed by atoms with Crippen LogP contribution in [0.25, 0.3) is 0 Å². The Bertz CT molecular complexity index is 330. The summed E-state index contributed by atoms with van der Waals surface area (Å²) in [5.41, 5.74) is 1.07. The van der Waals surface area contributed by atoms with Gasteiger partial charge in [0.25, 0.3) is 0 Å². The van der Waals surface area contributed by atoms with Crippen molar-refractivity contribution in [3.8, 4) is 0 Å². The molecule has 1 aliphatic carbocycles. The number of hydrogen-bond acceptors (Lipinski definition) is 2. The summed E-state index contributed by atoms with van der Waals surface area (Å²) in [6.07, 6.45) is 3.70. The molecule has 0 radical (unpaired) electrons. The average Bonchev–Trinajstić information content (AvgIpc) is 2.41. The second-order valence-electron chi connectivity index (χ2n) is 7.15. The van der Waals surface area contributed by atoms with Crippen LogP contribution >= 0.6 is 0 Å². The van der Waals surface area contributed by atoms with E-state index in [1.165, 1.54) is 24.8 Å². The van der Waals surface area contributed by atoms with Crippen molar-refractivity contribution in [2.24, 2.45) is 11.8 Å². The molecule has 0 aromatic rings. The standard InChI is InChI=1S/C15H27BO2/c1-11-7-8-13(9-12(11)2)10-16-17-14(3,4)15(5,6)18-16/h10-12H,7-9H2,1-6H3/b13-10-. The summed E-state index contributed by atoms with van der Waals surface area (Å²) in [7, 11) is -0.161. The summed E-state index contributed by atoms with van der Waals surface area (Å²) >= 11 is 0. The van der Waals surface area contributed by atoms with Crippen molar-refractivity contribution >= 4 is 7.12 Å². The maximum atomic E-state index is 6.03. The van der Waals surface area contributed by atoms with Gasteiger partial charge in [0.05, 0.1) is 11.2 Å². The summed E-state index contributed by atoms with van der Waals surface area (Å²) in [4.78, 5) is 0. The fourth-order valence-corrected chi connectivity index (χ4v) is 2.71. The molecule has 1 saturated heterocycles. The van der Waals surface area contributed by atoms with E-state index in [1.54, 1.807) is 0 Å². The lowest BCUT2D eigenvalue weighted by molar-refractivity contribution is 0.00578. The van der Waals surface area contributed by atoms with Crippen LogP contribution in [0, 0.1) is 11.8 Å². The quantitative estimate of drug-likeness (QED) is 0.655. The van der Waals surface area contributed by atoms with Crippen LogP contribution in [-0.2, 0) is 9.31 Å². The Morgan fingerprint density at radius 3 is 2.11 bits per heavy atom. The van der Waals surface area contributed by atoms with E-state index in [4.69, 9.17) is 9.31 Å². The third-order valence-corrected chi connectivity index (χ3v) is 5.12. The zero-order valence-corrected chi connectivity index (χ0v) is 12.7. The second-order valence-corrected chi connectivity index (χ2v) is 7.15. The highest BCUT2D eigenvalue weighted by Gasteiger charge is 2.50. The molecule has 2 nitrogen and oxygen atoms in total. The van der Waals surface area contributed by atoms with Crippen LogP contribution in [0.3, 0.4) is 0 Å². The lowest BCUT2D eigenvalue weighted by Crippen LogP contribution is -2.41. The summed E-state index contributed by atoms with van der Waals surface area (Å²) in [5, 5.41) is 0. The van der Waals surface area contributed by atoms with E-state index in [-0.39, 0.29) is 18.3 Å². The smallest absolute Gasteiger partial charge is 0.400 e. The van der Waals surface area contributed by atoms with E-state index in [0.29, 0.717) is 0 Å². The summed E-state index contributed by atoms with van der Waals surface area (Å²) in [6, 6.07) is 0. The van der Waals surface area contributed by atoms with Gasteiger partial charge in [-0.3, -0.25) is 0 Å². The van der Waals surface area contributed by atoms with Gasteiger partial charge in [-0.15, -0.1) is 0 Å². The van der Waals surface area contributed by atoms with Gasteiger partial charge in [0.1, 0.15) is 0 Å². The zero-order chi connectivity index (χ0) is 13.6. The van der Waals surface area contributed by atoms with Crippen molar-refractivity contribution in [1.29, 1.82) is 0 Å². The number of rotatable bonds is 1. The van der Waals surface area contributed by atoms with Crippen molar-refractivity contribution in [2.45, 2.75) is 72.0 Å². The van der Waals surface area contributed by atoms with Crippen molar-refractivity contribution in [2.75, 3.05) is 0 Å². The summed E-state index contributed by atoms with van der Waals surface area (Å²) in [5.74, 6) is 3.85. The van der Waals surface area contributed by atoms with Crippen LogP contribution in [0.2, 0.25) is 0 Å². The normalized spacial score (nSPS) is 37.2. The minimum Gasteiger partial charge on any atom is -0.400 e. The fraction of sp³-hybridized carbons (Fsp3) is 0.867. The average molecular weight is 250 g/mol. The molecule has 1 saturated carbocycles. The molecule has 1 aliphatic heterocycles. The highest BCUT2D eigenvalue weighted by molar-refractivity contribution is 6.51. The van der Waals surface area contributed by atoms with E-state index in [0.717, 1.165) is 11.8 Å². The molecule has 0 spiro atoms. The molecular formula is C15H27BO2. The first-order valence-corrected chi connectivity index (χ1v) is 7.26. The molecule has 18 heavy (non-hydrogen) atoms. The van der Waals surface area contributed by atoms with Gasteiger partial charge in [0, 0.05) is 0 Å². The highest BCUT2D eigenvalue weighted by Crippen LogP contribution is 2.39. The molecule has 3 heteroatoms. The molecule has 1 heterocycles. The number of allylic oxidation sites excluding steroid dienone is 1. The lowest BCUT2D eigenvalue weighted by atomic mass is 9.75. The van der Waals surface area contributed by atoms with E-state index >= 15 is 0 Å². The van der Waals surface area contributed by atoms with Crippen molar-refractivity contribution < 1.29 is 9.31 Å². The van der Waals surface area contributed by atoms with Crippen molar-refractivity contribution in [1.82, 2.24) is 0 Å². The van der Waals surface area contributed by atoms with Crippen LogP contribution in [0.4, 0.5) is 0 Å². The first-order valence-electron chi connectivity index (χ1n) is 7.26. The monoisotopic (exact) mass is 250 g/mol. The number of hydrogen-bond donors (Lipinski definition) is 0. The second kappa shape index (κ2) is 4.68. The zero-order valence-electron chi connectivity index (χ0n) is 12.7. The lowest BCUT2D eigenvalue weighted by Gasteiger charge is -2.32. The Labute approximate surface area is 112 Å². The van der Waals surface area contributed by atoms with E-state index in [2.05, 4.69) is 47.5 Å². The molecule has 0 N–H and O–H groups in total. The minimum atomic E-state index is -0.220. The molecular weight excluding hydrogens is 223 g/mol. The van der Waals surface area contributed by atoms with Gasteiger partial charge in [-0.2, -0.15) is 0 Å². The molecule has 2 atom stereocenters. The Kier molecular flexibility index (Phi) is 3.68. The van der Waals surface area contributed by atoms with Crippen LogP contribution in [-0.4, -0.2) is 18.3 Å². The van der Waals surface area contributed by atoms with Gasteiger partial charge in [-0.25, -0.2) is 0 Å². The molecule has 0 aromatic carbocycles. The van der Waals surface area contributed by atoms with Crippen molar-refractivity contribution in [3.05, 3.63) is 11.5 Å². The molecule has 2 fully saturated rings. The fourth-order valence-electron chi connectivity index (χ4n) is 2.71. The van der Waals surface area contributed by atoms with E-state index in [1.807, 2.05) is 0 Å².